The summed E-state index contributed by atoms with van der Waals surface area (Å²) in [5, 5.41) is 36.4. The fourth-order valence-corrected chi connectivity index (χ4v) is 2.70. The van der Waals surface area contributed by atoms with Gasteiger partial charge in [-0.05, 0) is 18.2 Å². The molecule has 108 valence electrons. The summed E-state index contributed by atoms with van der Waals surface area (Å²) >= 11 is 0. The molecule has 0 fully saturated rings. The Hall–Kier alpha value is -1.39. The number of nitrogens with one attached hydrogen (secondary N) is 1. The summed E-state index contributed by atoms with van der Waals surface area (Å²) < 4.78 is 26.0. The highest BCUT2D eigenvalue weighted by Crippen LogP contribution is 2.23. The van der Waals surface area contributed by atoms with E-state index in [9.17, 15) is 13.5 Å². The van der Waals surface area contributed by atoms with Crippen LogP contribution in [0.1, 0.15) is 0 Å². The zero-order valence-corrected chi connectivity index (χ0v) is 10.8. The largest absolute Gasteiger partial charge is 0.506 e. The molecule has 0 bridgehead atoms. The van der Waals surface area contributed by atoms with Crippen LogP contribution >= 0.6 is 0 Å². The van der Waals surface area contributed by atoms with Gasteiger partial charge >= 0.3 is 0 Å². The minimum absolute atomic E-state index is 0.134. The molecule has 0 unspecified atom stereocenters. The summed E-state index contributed by atoms with van der Waals surface area (Å²) in [5.74, 6) is -0.267. The van der Waals surface area contributed by atoms with Gasteiger partial charge in [0.1, 0.15) is 11.3 Å². The summed E-state index contributed by atoms with van der Waals surface area (Å²) in [6, 6.07) is 3.22. The van der Waals surface area contributed by atoms with Crippen molar-refractivity contribution >= 4 is 15.7 Å². The standard InChI is InChI=1S/C10H16N2O6S/c11-8-3-7(1-2-9(8)16)19(17,18)12-10(4-13,5-14)6-15/h1-3,12-16H,4-6,11H2. The Balaban J connectivity index is 3.14. The average Bonchev–Trinajstić information content (AvgIpc) is 2.39. The maximum Gasteiger partial charge on any atom is 0.241 e. The number of aliphatic hydroxyl groups is 3. The smallest absolute Gasteiger partial charge is 0.241 e. The third-order valence-electron chi connectivity index (χ3n) is 2.57. The van der Waals surface area contributed by atoms with Gasteiger partial charge in [-0.1, -0.05) is 0 Å². The van der Waals surface area contributed by atoms with Gasteiger partial charge in [0, 0.05) is 0 Å². The maximum absolute atomic E-state index is 12.0. The third-order valence-corrected chi connectivity index (χ3v) is 4.14. The molecular formula is C10H16N2O6S. The Morgan fingerprint density at radius 1 is 1.16 bits per heavy atom. The lowest BCUT2D eigenvalue weighted by Crippen LogP contribution is -2.56. The highest BCUT2D eigenvalue weighted by Gasteiger charge is 2.34. The molecule has 0 aliphatic rings. The van der Waals surface area contributed by atoms with Gasteiger partial charge in [-0.2, -0.15) is 4.72 Å². The second kappa shape index (κ2) is 5.72. The van der Waals surface area contributed by atoms with Gasteiger partial charge in [-0.3, -0.25) is 0 Å². The van der Waals surface area contributed by atoms with Crippen LogP contribution in [0.3, 0.4) is 0 Å². The van der Waals surface area contributed by atoms with Crippen LogP contribution in [0, 0.1) is 0 Å². The van der Waals surface area contributed by atoms with Gasteiger partial charge in [0.2, 0.25) is 10.0 Å². The highest BCUT2D eigenvalue weighted by molar-refractivity contribution is 7.89. The fraction of sp³-hybridized carbons (Fsp3) is 0.400. The van der Waals surface area contributed by atoms with E-state index in [0.29, 0.717) is 0 Å². The van der Waals surface area contributed by atoms with Crippen molar-refractivity contribution in [1.29, 1.82) is 0 Å². The predicted molar refractivity (Wildman–Crippen MR) is 66.8 cm³/mol. The lowest BCUT2D eigenvalue weighted by Gasteiger charge is -2.28. The van der Waals surface area contributed by atoms with Gasteiger partial charge < -0.3 is 26.2 Å². The Bertz CT molecular complexity index is 533. The van der Waals surface area contributed by atoms with E-state index in [1.165, 1.54) is 0 Å². The van der Waals surface area contributed by atoms with Crippen LogP contribution in [0.4, 0.5) is 5.69 Å². The normalized spacial score (nSPS) is 12.6. The number of hydrogen-bond acceptors (Lipinski definition) is 7. The monoisotopic (exact) mass is 292 g/mol. The lowest BCUT2D eigenvalue weighted by molar-refractivity contribution is 0.0582. The van der Waals surface area contributed by atoms with Crippen molar-refractivity contribution in [2.75, 3.05) is 25.6 Å². The van der Waals surface area contributed by atoms with Gasteiger partial charge in [-0.15, -0.1) is 0 Å². The average molecular weight is 292 g/mol. The number of phenolic OH excluding ortho intramolecular Hbond substituents is 1. The van der Waals surface area contributed by atoms with E-state index < -0.39 is 35.4 Å². The van der Waals surface area contributed by atoms with Crippen molar-refractivity contribution in [3.63, 3.8) is 0 Å². The molecule has 1 aromatic carbocycles. The Labute approximate surface area is 110 Å². The molecule has 0 aromatic heterocycles. The first kappa shape index (κ1) is 15.7. The van der Waals surface area contributed by atoms with Crippen molar-refractivity contribution in [2.24, 2.45) is 0 Å². The Morgan fingerprint density at radius 3 is 2.11 bits per heavy atom. The van der Waals surface area contributed by atoms with Crippen molar-refractivity contribution in [1.82, 2.24) is 4.72 Å². The molecule has 0 spiro atoms. The molecule has 0 atom stereocenters. The second-order valence-corrected chi connectivity index (χ2v) is 5.76. The molecule has 0 aliphatic carbocycles. The summed E-state index contributed by atoms with van der Waals surface area (Å²) in [6.45, 7) is -2.35. The summed E-state index contributed by atoms with van der Waals surface area (Å²) in [7, 11) is -4.11. The van der Waals surface area contributed by atoms with E-state index >= 15 is 0 Å². The number of aromatic hydroxyl groups is 1. The number of hydrogen-bond donors (Lipinski definition) is 6. The number of anilines is 1. The summed E-state index contributed by atoms with van der Waals surface area (Å²) in [6.07, 6.45) is 0. The maximum atomic E-state index is 12.0. The lowest BCUT2D eigenvalue weighted by atomic mass is 10.1. The van der Waals surface area contributed by atoms with Crippen LogP contribution in [0.15, 0.2) is 23.1 Å². The van der Waals surface area contributed by atoms with Gasteiger partial charge in [0.15, 0.2) is 0 Å². The molecule has 8 nitrogen and oxygen atoms in total. The van der Waals surface area contributed by atoms with Crippen molar-refractivity contribution in [2.45, 2.75) is 10.4 Å². The number of nitrogens with two attached hydrogens (primary N) is 1. The first-order valence-electron chi connectivity index (χ1n) is 5.25. The van der Waals surface area contributed by atoms with Crippen molar-refractivity contribution in [3.8, 4) is 5.75 Å². The van der Waals surface area contributed by atoms with E-state index in [2.05, 4.69) is 0 Å². The molecule has 0 aliphatic heterocycles. The molecule has 0 amide bonds. The quantitative estimate of drug-likeness (QED) is 0.261. The molecular weight excluding hydrogens is 276 g/mol. The molecule has 0 saturated carbocycles. The number of sulfonamides is 1. The van der Waals surface area contributed by atoms with Crippen molar-refractivity contribution in [3.05, 3.63) is 18.2 Å². The van der Waals surface area contributed by atoms with E-state index in [4.69, 9.17) is 21.1 Å². The number of aliphatic hydroxyl groups excluding tert-OH is 3. The van der Waals surface area contributed by atoms with Gasteiger partial charge in [0.05, 0.1) is 30.4 Å². The van der Waals surface area contributed by atoms with Crippen LogP contribution in [0.25, 0.3) is 0 Å². The molecule has 19 heavy (non-hydrogen) atoms. The predicted octanol–water partition coefficient (Wildman–Crippen LogP) is -2.03. The number of phenols is 1. The van der Waals surface area contributed by atoms with Gasteiger partial charge in [-0.25, -0.2) is 8.42 Å². The summed E-state index contributed by atoms with van der Waals surface area (Å²) in [5.41, 5.74) is 3.48. The molecule has 0 saturated heterocycles. The third kappa shape index (κ3) is 3.33. The molecule has 7 N–H and O–H groups in total. The van der Waals surface area contributed by atoms with Crippen molar-refractivity contribution < 1.29 is 28.8 Å². The van der Waals surface area contributed by atoms with E-state index in [1.807, 2.05) is 4.72 Å². The van der Waals surface area contributed by atoms with E-state index in [1.54, 1.807) is 0 Å². The number of benzene rings is 1. The van der Waals surface area contributed by atoms with Crippen LogP contribution in [0.2, 0.25) is 0 Å². The highest BCUT2D eigenvalue weighted by atomic mass is 32.2. The summed E-state index contributed by atoms with van der Waals surface area (Å²) in [4.78, 5) is -0.262. The van der Waals surface area contributed by atoms with Crippen LogP contribution in [-0.2, 0) is 10.0 Å². The van der Waals surface area contributed by atoms with Gasteiger partial charge in [0.25, 0.3) is 0 Å². The zero-order valence-electron chi connectivity index (χ0n) is 9.94. The second-order valence-electron chi connectivity index (χ2n) is 4.08. The topological polar surface area (TPSA) is 153 Å². The minimum Gasteiger partial charge on any atom is -0.506 e. The SMILES string of the molecule is Nc1cc(S(=O)(=O)NC(CO)(CO)CO)ccc1O. The molecule has 9 heteroatoms. The van der Waals surface area contributed by atoms with Crippen LogP contribution in [-0.4, -0.2) is 54.2 Å². The fourth-order valence-electron chi connectivity index (χ4n) is 1.29. The number of nitrogen functional groups attached to an aromatic ring is 1. The molecule has 0 heterocycles. The van der Waals surface area contributed by atoms with Crippen LogP contribution < -0.4 is 10.5 Å². The Kier molecular flexibility index (Phi) is 4.71. The molecule has 0 radical (unpaired) electrons. The Morgan fingerprint density at radius 2 is 1.68 bits per heavy atom. The van der Waals surface area contributed by atoms with E-state index in [-0.39, 0.29) is 16.3 Å². The number of rotatable bonds is 6. The molecule has 1 rings (SSSR count). The van der Waals surface area contributed by atoms with Crippen LogP contribution in [0.5, 0.6) is 5.75 Å². The van der Waals surface area contributed by atoms with E-state index in [0.717, 1.165) is 18.2 Å². The minimum atomic E-state index is -4.11. The molecule has 1 aromatic rings. The zero-order chi connectivity index (χ0) is 14.7. The first-order valence-corrected chi connectivity index (χ1v) is 6.73. The first-order chi connectivity index (χ1) is 8.80.